The van der Waals surface area contributed by atoms with Gasteiger partial charge in [0.2, 0.25) is 0 Å². The lowest BCUT2D eigenvalue weighted by atomic mass is 10.00. The molecule has 0 rings (SSSR count). The minimum atomic E-state index is -0.118. The van der Waals surface area contributed by atoms with Gasteiger partial charge in [-0.25, -0.2) is 0 Å². The molecule has 0 aromatic carbocycles. The van der Waals surface area contributed by atoms with Crippen LogP contribution in [0.1, 0.15) is 39.5 Å². The number of carbonyl (C=O) groups excluding carboxylic acids is 1. The molecule has 12 heteroatoms. The Hall–Kier alpha value is -0.930. The largest absolute Gasteiger partial charge is 0.463 e. The molecule has 1 atom stereocenters. The SMILES string of the molecule is CCCCC(CC)C(=O)OCCOCCOCCOCCOCCOCCOCCOCCOCCOCCN. The smallest absolute Gasteiger partial charge is 0.308 e. The molecule has 0 aliphatic heterocycles. The van der Waals surface area contributed by atoms with E-state index < -0.39 is 0 Å². The van der Waals surface area contributed by atoms with E-state index in [0.29, 0.717) is 125 Å². The maximum atomic E-state index is 12.0. The highest BCUT2D eigenvalue weighted by Crippen LogP contribution is 2.14. The summed E-state index contributed by atoms with van der Waals surface area (Å²) in [5.41, 5.74) is 5.32. The first-order valence-corrected chi connectivity index (χ1v) is 14.8. The van der Waals surface area contributed by atoms with Crippen molar-refractivity contribution in [3.63, 3.8) is 0 Å². The van der Waals surface area contributed by atoms with Gasteiger partial charge < -0.3 is 53.1 Å². The van der Waals surface area contributed by atoms with E-state index in [1.165, 1.54) is 0 Å². The van der Waals surface area contributed by atoms with Gasteiger partial charge in [-0.05, 0) is 12.8 Å². The number of carbonyl (C=O) groups is 1. The van der Waals surface area contributed by atoms with Crippen molar-refractivity contribution in [3.8, 4) is 0 Å². The van der Waals surface area contributed by atoms with Crippen molar-refractivity contribution in [2.24, 2.45) is 11.7 Å². The first-order chi connectivity index (χ1) is 19.8. The highest BCUT2D eigenvalue weighted by molar-refractivity contribution is 5.72. The molecule has 0 radical (unpaired) electrons. The van der Waals surface area contributed by atoms with Gasteiger partial charge in [-0.3, -0.25) is 4.79 Å². The van der Waals surface area contributed by atoms with Crippen LogP contribution in [-0.2, 0) is 52.2 Å². The zero-order chi connectivity index (χ0) is 29.2. The molecule has 0 aliphatic carbocycles. The lowest BCUT2D eigenvalue weighted by Crippen LogP contribution is -2.20. The van der Waals surface area contributed by atoms with E-state index in [9.17, 15) is 4.79 Å². The van der Waals surface area contributed by atoms with Crippen LogP contribution in [0.4, 0.5) is 0 Å². The molecule has 40 heavy (non-hydrogen) atoms. The van der Waals surface area contributed by atoms with Gasteiger partial charge in [0, 0.05) is 6.54 Å². The van der Waals surface area contributed by atoms with E-state index in [0.717, 1.165) is 25.7 Å². The van der Waals surface area contributed by atoms with Crippen LogP contribution in [0.15, 0.2) is 0 Å². The van der Waals surface area contributed by atoms with Gasteiger partial charge >= 0.3 is 5.97 Å². The molecule has 2 N–H and O–H groups in total. The second-order valence-electron chi connectivity index (χ2n) is 8.71. The molecule has 0 bridgehead atoms. The third kappa shape index (κ3) is 30.0. The van der Waals surface area contributed by atoms with Crippen molar-refractivity contribution < 1.29 is 52.2 Å². The Morgan fingerprint density at radius 1 is 0.500 bits per heavy atom. The summed E-state index contributed by atoms with van der Waals surface area (Å²) in [7, 11) is 0. The summed E-state index contributed by atoms with van der Waals surface area (Å²) >= 11 is 0. The summed E-state index contributed by atoms with van der Waals surface area (Å²) in [5.74, 6) is -0.119. The molecule has 1 unspecified atom stereocenters. The Morgan fingerprint density at radius 3 is 1.07 bits per heavy atom. The maximum Gasteiger partial charge on any atom is 0.308 e. The third-order valence-electron chi connectivity index (χ3n) is 5.44. The normalized spacial score (nSPS) is 12.2. The Labute approximate surface area is 241 Å². The lowest BCUT2D eigenvalue weighted by molar-refractivity contribution is -0.150. The van der Waals surface area contributed by atoms with Crippen molar-refractivity contribution in [2.75, 3.05) is 132 Å². The number of nitrogens with two attached hydrogens (primary N) is 1. The van der Waals surface area contributed by atoms with E-state index in [2.05, 4.69) is 6.92 Å². The van der Waals surface area contributed by atoms with Crippen LogP contribution in [0.3, 0.4) is 0 Å². The Bertz CT molecular complexity index is 503. The third-order valence-corrected chi connectivity index (χ3v) is 5.44. The summed E-state index contributed by atoms with van der Waals surface area (Å²) in [5, 5.41) is 0. The lowest BCUT2D eigenvalue weighted by Gasteiger charge is -2.13. The van der Waals surface area contributed by atoms with Gasteiger partial charge in [0.1, 0.15) is 6.61 Å². The summed E-state index contributed by atoms with van der Waals surface area (Å²) in [6.07, 6.45) is 3.84. The molecule has 0 aromatic rings. The molecule has 12 nitrogen and oxygen atoms in total. The van der Waals surface area contributed by atoms with Crippen LogP contribution >= 0.6 is 0 Å². The molecule has 0 saturated carbocycles. The molecule has 0 aliphatic rings. The van der Waals surface area contributed by atoms with Gasteiger partial charge in [-0.2, -0.15) is 0 Å². The number of esters is 1. The quantitative estimate of drug-likeness (QED) is 0.0875. The van der Waals surface area contributed by atoms with Gasteiger partial charge in [-0.1, -0.05) is 26.7 Å². The van der Waals surface area contributed by atoms with Crippen molar-refractivity contribution >= 4 is 5.97 Å². The minimum Gasteiger partial charge on any atom is -0.463 e. The fourth-order valence-corrected chi connectivity index (χ4v) is 3.20. The highest BCUT2D eigenvalue weighted by atomic mass is 16.6. The fraction of sp³-hybridized carbons (Fsp3) is 0.964. The summed E-state index contributed by atoms with van der Waals surface area (Å²) in [4.78, 5) is 12.0. The van der Waals surface area contributed by atoms with E-state index >= 15 is 0 Å². The molecule has 0 aromatic heterocycles. The second kappa shape index (κ2) is 34.3. The van der Waals surface area contributed by atoms with Crippen molar-refractivity contribution in [2.45, 2.75) is 39.5 Å². The molecule has 240 valence electrons. The topological polar surface area (TPSA) is 135 Å². The molecular formula is C28H57NO11. The van der Waals surface area contributed by atoms with E-state index in [4.69, 9.17) is 53.1 Å². The summed E-state index contributed by atoms with van der Waals surface area (Å²) < 4.78 is 54.0. The van der Waals surface area contributed by atoms with Crippen molar-refractivity contribution in [1.82, 2.24) is 0 Å². The molecular weight excluding hydrogens is 526 g/mol. The van der Waals surface area contributed by atoms with Crippen molar-refractivity contribution in [3.05, 3.63) is 0 Å². The predicted octanol–water partition coefficient (Wildman–Crippen LogP) is 1.85. The average Bonchev–Trinajstić information content (AvgIpc) is 2.96. The summed E-state index contributed by atoms with van der Waals surface area (Å²) in [6, 6.07) is 0. The monoisotopic (exact) mass is 583 g/mol. The van der Waals surface area contributed by atoms with Gasteiger partial charge in [0.05, 0.1) is 125 Å². The van der Waals surface area contributed by atoms with E-state index in [1.807, 2.05) is 6.92 Å². The molecule has 0 amide bonds. The molecule has 0 spiro atoms. The fourth-order valence-electron chi connectivity index (χ4n) is 3.20. The van der Waals surface area contributed by atoms with Crippen molar-refractivity contribution in [1.29, 1.82) is 0 Å². The number of hydrogen-bond acceptors (Lipinski definition) is 12. The maximum absolute atomic E-state index is 12.0. The first-order valence-electron chi connectivity index (χ1n) is 14.8. The summed E-state index contributed by atoms with van der Waals surface area (Å²) in [6.45, 7) is 14.0. The zero-order valence-electron chi connectivity index (χ0n) is 25.1. The highest BCUT2D eigenvalue weighted by Gasteiger charge is 2.16. The van der Waals surface area contributed by atoms with Crippen LogP contribution in [-0.4, -0.2) is 138 Å². The number of rotatable bonds is 34. The van der Waals surface area contributed by atoms with Crippen LogP contribution in [0.5, 0.6) is 0 Å². The molecule has 0 saturated heterocycles. The minimum absolute atomic E-state index is 0.000175. The zero-order valence-corrected chi connectivity index (χ0v) is 25.1. The number of unbranched alkanes of at least 4 members (excludes halogenated alkanes) is 1. The Morgan fingerprint density at radius 2 is 0.800 bits per heavy atom. The van der Waals surface area contributed by atoms with Crippen LogP contribution < -0.4 is 5.73 Å². The van der Waals surface area contributed by atoms with E-state index in [1.54, 1.807) is 0 Å². The number of ether oxygens (including phenoxy) is 10. The second-order valence-corrected chi connectivity index (χ2v) is 8.71. The Kier molecular flexibility index (Phi) is 33.5. The predicted molar refractivity (Wildman–Crippen MR) is 151 cm³/mol. The van der Waals surface area contributed by atoms with E-state index in [-0.39, 0.29) is 18.5 Å². The molecule has 0 heterocycles. The van der Waals surface area contributed by atoms with Crippen LogP contribution in [0.2, 0.25) is 0 Å². The van der Waals surface area contributed by atoms with Crippen LogP contribution in [0.25, 0.3) is 0 Å². The van der Waals surface area contributed by atoms with Gasteiger partial charge in [-0.15, -0.1) is 0 Å². The standard InChI is InChI=1S/C28H57NO11/c1-3-5-6-27(4-2)28(30)40-26-25-39-24-23-38-22-21-37-20-19-36-18-17-35-16-15-34-14-13-33-12-11-32-10-9-31-8-7-29/h27H,3-26,29H2,1-2H3. The average molecular weight is 584 g/mol. The van der Waals surface area contributed by atoms with Crippen LogP contribution in [0, 0.1) is 5.92 Å². The van der Waals surface area contributed by atoms with Gasteiger partial charge in [0.15, 0.2) is 0 Å². The number of hydrogen-bond donors (Lipinski definition) is 1. The Balaban J connectivity index is 3.15. The molecule has 0 fully saturated rings. The first kappa shape index (κ1) is 39.1. The van der Waals surface area contributed by atoms with Gasteiger partial charge in [0.25, 0.3) is 0 Å².